The van der Waals surface area contributed by atoms with Crippen LogP contribution in [-0.4, -0.2) is 31.3 Å². The number of nitrogens with one attached hydrogen (secondary N) is 1. The van der Waals surface area contributed by atoms with Crippen molar-refractivity contribution < 1.29 is 14.4 Å². The second-order valence-corrected chi connectivity index (χ2v) is 10.9. The highest BCUT2D eigenvalue weighted by Crippen LogP contribution is 2.39. The number of rotatable bonds is 7. The summed E-state index contributed by atoms with van der Waals surface area (Å²) < 4.78 is 0. The van der Waals surface area contributed by atoms with Crippen molar-refractivity contribution in [2.45, 2.75) is 53.2 Å². The predicted molar refractivity (Wildman–Crippen MR) is 155 cm³/mol. The minimum Gasteiger partial charge on any atom is -0.313 e. The number of hydrogen-bond acceptors (Lipinski definition) is 4. The maximum absolute atomic E-state index is 13.1. The largest absolute Gasteiger partial charge is 0.313 e. The molecule has 0 bridgehead atoms. The first kappa shape index (κ1) is 26.6. The number of aryl methyl sites for hydroxylation is 1. The molecule has 2 aliphatic rings. The quantitative estimate of drug-likeness (QED) is 0.450. The molecule has 5 rings (SSSR count). The number of hydrogen-bond donors (Lipinski definition) is 1. The molecule has 0 saturated carbocycles. The lowest BCUT2D eigenvalue weighted by atomic mass is 9.90. The molecule has 202 valence electrons. The Balaban J connectivity index is 1.32. The van der Waals surface area contributed by atoms with Crippen LogP contribution in [0.25, 0.3) is 0 Å². The van der Waals surface area contributed by atoms with E-state index in [-0.39, 0.29) is 17.7 Å². The second kappa shape index (κ2) is 10.7. The van der Waals surface area contributed by atoms with Gasteiger partial charge >= 0.3 is 0 Å². The van der Waals surface area contributed by atoms with Gasteiger partial charge in [0, 0.05) is 38.8 Å². The third-order valence-electron chi connectivity index (χ3n) is 7.82. The maximum atomic E-state index is 13.1. The van der Waals surface area contributed by atoms with E-state index in [2.05, 4.69) is 35.6 Å². The summed E-state index contributed by atoms with van der Waals surface area (Å²) in [7, 11) is 1.74. The Kier molecular flexibility index (Phi) is 7.28. The van der Waals surface area contributed by atoms with Crippen molar-refractivity contribution in [3.8, 4) is 0 Å². The summed E-state index contributed by atoms with van der Waals surface area (Å²) in [4.78, 5) is 44.3. The Morgan fingerprint density at radius 2 is 1.41 bits per heavy atom. The fourth-order valence-electron chi connectivity index (χ4n) is 5.54. The van der Waals surface area contributed by atoms with E-state index < -0.39 is 5.41 Å². The minimum absolute atomic E-state index is 0.155. The zero-order valence-corrected chi connectivity index (χ0v) is 23.2. The molecule has 0 atom stereocenters. The number of benzene rings is 3. The lowest BCUT2D eigenvalue weighted by molar-refractivity contribution is -0.137. The zero-order valence-electron chi connectivity index (χ0n) is 23.2. The number of fused-ring (bicyclic) bond motifs is 2. The Labute approximate surface area is 230 Å². The summed E-state index contributed by atoms with van der Waals surface area (Å²) in [6.07, 6.45) is 1.30. The minimum atomic E-state index is -1.12. The standard InChI is InChI=1S/C32H36N4O3/c1-5-35-26-15-12-24(18-28(26)34(4)30(38)32(2,3)31(35)39)20-33-19-23-11-13-25-14-16-29(37)36(27(25)17-23)21-22-9-7-6-8-10-22/h6-13,15,17-18,33H,5,14,16,19-21H2,1-4H3. The normalized spacial score (nSPS) is 16.7. The molecular formula is C32H36N4O3. The predicted octanol–water partition coefficient (Wildman–Crippen LogP) is 4.81. The summed E-state index contributed by atoms with van der Waals surface area (Å²) in [6, 6.07) is 22.4. The van der Waals surface area contributed by atoms with Crippen molar-refractivity contribution in [1.82, 2.24) is 5.32 Å². The molecule has 2 aliphatic heterocycles. The van der Waals surface area contributed by atoms with Crippen molar-refractivity contribution in [3.63, 3.8) is 0 Å². The van der Waals surface area contributed by atoms with E-state index in [1.54, 1.807) is 30.7 Å². The van der Waals surface area contributed by atoms with Gasteiger partial charge < -0.3 is 20.0 Å². The smallest absolute Gasteiger partial charge is 0.242 e. The van der Waals surface area contributed by atoms with Crippen molar-refractivity contribution in [2.24, 2.45) is 5.41 Å². The van der Waals surface area contributed by atoms with E-state index in [9.17, 15) is 14.4 Å². The lowest BCUT2D eigenvalue weighted by Gasteiger charge is -2.30. The lowest BCUT2D eigenvalue weighted by Crippen LogP contribution is -2.47. The van der Waals surface area contributed by atoms with Crippen molar-refractivity contribution in [2.75, 3.05) is 28.3 Å². The highest BCUT2D eigenvalue weighted by molar-refractivity contribution is 6.19. The van der Waals surface area contributed by atoms with Crippen LogP contribution < -0.4 is 20.0 Å². The number of anilines is 3. The van der Waals surface area contributed by atoms with Crippen LogP contribution in [-0.2, 0) is 40.4 Å². The Bertz CT molecular complexity index is 1420. The first-order valence-corrected chi connectivity index (χ1v) is 13.6. The van der Waals surface area contributed by atoms with Gasteiger partial charge in [-0.3, -0.25) is 14.4 Å². The number of carbonyl (C=O) groups excluding carboxylic acids is 3. The number of amides is 3. The fourth-order valence-corrected chi connectivity index (χ4v) is 5.54. The van der Waals surface area contributed by atoms with Crippen LogP contribution in [0.15, 0.2) is 66.7 Å². The van der Waals surface area contributed by atoms with Crippen molar-refractivity contribution >= 4 is 34.8 Å². The monoisotopic (exact) mass is 524 g/mol. The van der Waals surface area contributed by atoms with Gasteiger partial charge in [-0.1, -0.05) is 48.5 Å². The molecule has 3 aromatic carbocycles. The van der Waals surface area contributed by atoms with Crippen LogP contribution >= 0.6 is 0 Å². The molecule has 7 nitrogen and oxygen atoms in total. The summed E-state index contributed by atoms with van der Waals surface area (Å²) >= 11 is 0. The van der Waals surface area contributed by atoms with E-state index in [0.29, 0.717) is 32.6 Å². The average molecular weight is 525 g/mol. The highest BCUT2D eigenvalue weighted by Gasteiger charge is 2.45. The molecule has 2 heterocycles. The van der Waals surface area contributed by atoms with Gasteiger partial charge in [0.25, 0.3) is 0 Å². The second-order valence-electron chi connectivity index (χ2n) is 10.9. The Hall–Kier alpha value is -3.97. The van der Waals surface area contributed by atoms with E-state index in [4.69, 9.17) is 0 Å². The summed E-state index contributed by atoms with van der Waals surface area (Å²) in [5.74, 6) is -0.236. The van der Waals surface area contributed by atoms with Gasteiger partial charge in [-0.15, -0.1) is 0 Å². The number of nitrogens with zero attached hydrogens (tertiary/aromatic N) is 3. The van der Waals surface area contributed by atoms with Crippen LogP contribution in [0, 0.1) is 5.41 Å². The molecule has 3 amide bonds. The maximum Gasteiger partial charge on any atom is 0.242 e. The van der Waals surface area contributed by atoms with Crippen LogP contribution in [0.2, 0.25) is 0 Å². The molecule has 0 spiro atoms. The Morgan fingerprint density at radius 1 is 0.744 bits per heavy atom. The first-order chi connectivity index (χ1) is 18.7. The van der Waals surface area contributed by atoms with E-state index in [1.807, 2.05) is 48.2 Å². The third-order valence-corrected chi connectivity index (χ3v) is 7.82. The molecule has 1 N–H and O–H groups in total. The highest BCUT2D eigenvalue weighted by atomic mass is 16.2. The van der Waals surface area contributed by atoms with Crippen LogP contribution in [0.1, 0.15) is 49.4 Å². The molecule has 0 radical (unpaired) electrons. The molecule has 3 aromatic rings. The van der Waals surface area contributed by atoms with Gasteiger partial charge in [0.05, 0.1) is 17.9 Å². The molecular weight excluding hydrogens is 488 g/mol. The molecule has 0 fully saturated rings. The van der Waals surface area contributed by atoms with Gasteiger partial charge in [0.2, 0.25) is 17.7 Å². The molecule has 0 aliphatic carbocycles. The van der Waals surface area contributed by atoms with Crippen LogP contribution in [0.5, 0.6) is 0 Å². The number of carbonyl (C=O) groups is 3. The van der Waals surface area contributed by atoms with Crippen molar-refractivity contribution in [3.05, 3.63) is 89.0 Å². The van der Waals surface area contributed by atoms with Gasteiger partial charge in [0.1, 0.15) is 5.41 Å². The van der Waals surface area contributed by atoms with Crippen LogP contribution in [0.4, 0.5) is 17.1 Å². The molecule has 7 heteroatoms. The fraction of sp³-hybridized carbons (Fsp3) is 0.344. The molecule has 0 unspecified atom stereocenters. The van der Waals surface area contributed by atoms with E-state index in [0.717, 1.165) is 40.2 Å². The topological polar surface area (TPSA) is 73.0 Å². The average Bonchev–Trinajstić information content (AvgIpc) is 2.99. The summed E-state index contributed by atoms with van der Waals surface area (Å²) in [5.41, 5.74) is 5.81. The van der Waals surface area contributed by atoms with Gasteiger partial charge in [-0.2, -0.15) is 0 Å². The van der Waals surface area contributed by atoms with E-state index >= 15 is 0 Å². The van der Waals surface area contributed by atoms with Gasteiger partial charge in [-0.05, 0) is 67.6 Å². The molecule has 0 aromatic heterocycles. The first-order valence-electron chi connectivity index (χ1n) is 13.6. The molecule has 39 heavy (non-hydrogen) atoms. The zero-order chi connectivity index (χ0) is 27.7. The third kappa shape index (κ3) is 5.06. The van der Waals surface area contributed by atoms with Gasteiger partial charge in [-0.25, -0.2) is 0 Å². The van der Waals surface area contributed by atoms with Crippen molar-refractivity contribution in [1.29, 1.82) is 0 Å². The van der Waals surface area contributed by atoms with Crippen LogP contribution in [0.3, 0.4) is 0 Å². The Morgan fingerprint density at radius 3 is 2.10 bits per heavy atom. The SMILES string of the molecule is CCN1C(=O)C(C)(C)C(=O)N(C)c2cc(CNCc3ccc4c(c3)N(Cc3ccccc3)C(=O)CC4)ccc21. The summed E-state index contributed by atoms with van der Waals surface area (Å²) in [6.45, 7) is 7.61. The molecule has 0 saturated heterocycles. The van der Waals surface area contributed by atoms with Gasteiger partial charge in [0.15, 0.2) is 0 Å². The van der Waals surface area contributed by atoms with E-state index in [1.165, 1.54) is 5.56 Å². The summed E-state index contributed by atoms with van der Waals surface area (Å²) in [5, 5.41) is 3.51.